The van der Waals surface area contributed by atoms with E-state index < -0.39 is 16.1 Å². The van der Waals surface area contributed by atoms with Crippen LogP contribution in [0.15, 0.2) is 11.1 Å². The molecule has 0 saturated carbocycles. The van der Waals surface area contributed by atoms with Crippen molar-refractivity contribution in [1.82, 2.24) is 14.1 Å². The molecule has 0 aromatic carbocycles. The van der Waals surface area contributed by atoms with Gasteiger partial charge in [0, 0.05) is 26.3 Å². The number of rotatable bonds is 2. The second-order valence-electron chi connectivity index (χ2n) is 4.75. The van der Waals surface area contributed by atoms with Gasteiger partial charge in [0.1, 0.15) is 4.90 Å². The molecule has 1 fully saturated rings. The van der Waals surface area contributed by atoms with Gasteiger partial charge in [-0.2, -0.15) is 9.40 Å². The molecule has 2 atom stereocenters. The molecule has 2 unspecified atom stereocenters. The minimum Gasteiger partial charge on any atom is -0.393 e. The molecule has 2 heterocycles. The van der Waals surface area contributed by atoms with Crippen molar-refractivity contribution in [2.75, 3.05) is 18.8 Å². The van der Waals surface area contributed by atoms with Gasteiger partial charge in [0.15, 0.2) is 5.82 Å². The Labute approximate surface area is 106 Å². The molecule has 1 saturated heterocycles. The van der Waals surface area contributed by atoms with Gasteiger partial charge in [-0.15, -0.1) is 0 Å². The van der Waals surface area contributed by atoms with Crippen molar-refractivity contribution in [3.8, 4) is 0 Å². The first-order valence-electron chi connectivity index (χ1n) is 5.79. The predicted octanol–water partition coefficient (Wildman–Crippen LogP) is -0.606. The fourth-order valence-corrected chi connectivity index (χ4v) is 3.78. The molecule has 0 radical (unpaired) electrons. The highest BCUT2D eigenvalue weighted by molar-refractivity contribution is 7.89. The van der Waals surface area contributed by atoms with Crippen molar-refractivity contribution in [3.05, 3.63) is 6.20 Å². The number of sulfonamides is 1. The van der Waals surface area contributed by atoms with Crippen LogP contribution in [0.1, 0.15) is 13.3 Å². The van der Waals surface area contributed by atoms with E-state index in [4.69, 9.17) is 5.73 Å². The number of anilines is 1. The third kappa shape index (κ3) is 2.23. The summed E-state index contributed by atoms with van der Waals surface area (Å²) in [5.41, 5.74) is 5.61. The number of nitrogens with zero attached hydrogens (tertiary/aromatic N) is 3. The summed E-state index contributed by atoms with van der Waals surface area (Å²) in [7, 11) is -1.99. The first-order valence-corrected chi connectivity index (χ1v) is 7.23. The van der Waals surface area contributed by atoms with Crippen molar-refractivity contribution in [2.24, 2.45) is 13.0 Å². The van der Waals surface area contributed by atoms with Crippen LogP contribution in [0, 0.1) is 5.92 Å². The van der Waals surface area contributed by atoms with Crippen molar-refractivity contribution >= 4 is 15.8 Å². The summed E-state index contributed by atoms with van der Waals surface area (Å²) in [5, 5.41) is 13.5. The summed E-state index contributed by atoms with van der Waals surface area (Å²) in [6.45, 7) is 2.44. The molecule has 0 spiro atoms. The van der Waals surface area contributed by atoms with Gasteiger partial charge >= 0.3 is 0 Å². The molecule has 3 N–H and O–H groups in total. The standard InChI is InChI=1S/C10H18N4O3S/c1-7-5-14(4-3-8(7)15)18(16,17)9-6-13(2)12-10(9)11/h6-8,15H,3-5H2,1-2H3,(H2,11,12). The largest absolute Gasteiger partial charge is 0.393 e. The third-order valence-corrected chi connectivity index (χ3v) is 5.14. The Balaban J connectivity index is 2.29. The van der Waals surface area contributed by atoms with Crippen molar-refractivity contribution in [1.29, 1.82) is 0 Å². The van der Waals surface area contributed by atoms with E-state index in [-0.39, 0.29) is 16.6 Å². The number of hydrogen-bond donors (Lipinski definition) is 2. The molecule has 1 aromatic rings. The molecule has 18 heavy (non-hydrogen) atoms. The summed E-state index contributed by atoms with van der Waals surface area (Å²) in [4.78, 5) is 0.0357. The van der Waals surface area contributed by atoms with Gasteiger partial charge in [-0.25, -0.2) is 8.42 Å². The Hall–Kier alpha value is -1.12. The number of nitrogens with two attached hydrogens (primary N) is 1. The summed E-state index contributed by atoms with van der Waals surface area (Å²) in [5.74, 6) is -0.0669. The smallest absolute Gasteiger partial charge is 0.248 e. The van der Waals surface area contributed by atoms with E-state index in [2.05, 4.69) is 5.10 Å². The summed E-state index contributed by atoms with van der Waals surface area (Å²) in [6.07, 6.45) is 1.41. The molecule has 102 valence electrons. The van der Waals surface area contributed by atoms with Gasteiger partial charge in [0.2, 0.25) is 10.0 Å². The number of aliphatic hydroxyl groups excluding tert-OH is 1. The van der Waals surface area contributed by atoms with Crippen LogP contribution in [0.25, 0.3) is 0 Å². The average molecular weight is 274 g/mol. The van der Waals surface area contributed by atoms with E-state index in [1.807, 2.05) is 6.92 Å². The minimum atomic E-state index is -3.61. The fourth-order valence-electron chi connectivity index (χ4n) is 2.13. The number of hydrogen-bond acceptors (Lipinski definition) is 5. The van der Waals surface area contributed by atoms with Crippen LogP contribution in [0.4, 0.5) is 5.82 Å². The Bertz CT molecular complexity index is 539. The lowest BCUT2D eigenvalue weighted by Gasteiger charge is -2.33. The van der Waals surface area contributed by atoms with Crippen LogP contribution in [0.2, 0.25) is 0 Å². The first kappa shape index (κ1) is 13.3. The van der Waals surface area contributed by atoms with Crippen molar-refractivity contribution < 1.29 is 13.5 Å². The second kappa shape index (κ2) is 4.52. The Morgan fingerprint density at radius 3 is 2.72 bits per heavy atom. The van der Waals surface area contributed by atoms with Crippen LogP contribution in [0.3, 0.4) is 0 Å². The van der Waals surface area contributed by atoms with E-state index in [1.165, 1.54) is 15.2 Å². The van der Waals surface area contributed by atoms with E-state index in [9.17, 15) is 13.5 Å². The number of nitrogen functional groups attached to an aromatic ring is 1. The number of aromatic nitrogens is 2. The molecule has 0 bridgehead atoms. The van der Waals surface area contributed by atoms with Gasteiger partial charge < -0.3 is 10.8 Å². The zero-order valence-electron chi connectivity index (χ0n) is 10.4. The van der Waals surface area contributed by atoms with Crippen LogP contribution < -0.4 is 5.73 Å². The highest BCUT2D eigenvalue weighted by Crippen LogP contribution is 2.26. The maximum absolute atomic E-state index is 12.4. The maximum atomic E-state index is 12.4. The maximum Gasteiger partial charge on any atom is 0.248 e. The van der Waals surface area contributed by atoms with E-state index in [1.54, 1.807) is 7.05 Å². The topological polar surface area (TPSA) is 101 Å². The molecule has 1 aliphatic heterocycles. The first-order chi connectivity index (χ1) is 8.32. The van der Waals surface area contributed by atoms with Crippen LogP contribution in [0.5, 0.6) is 0 Å². The fraction of sp³-hybridized carbons (Fsp3) is 0.700. The second-order valence-corrected chi connectivity index (χ2v) is 6.65. The van der Waals surface area contributed by atoms with E-state index in [0.29, 0.717) is 19.5 Å². The van der Waals surface area contributed by atoms with Crippen LogP contribution in [-0.2, 0) is 17.1 Å². The normalized spacial score (nSPS) is 26.4. The highest BCUT2D eigenvalue weighted by atomic mass is 32.2. The van der Waals surface area contributed by atoms with Crippen LogP contribution >= 0.6 is 0 Å². The molecule has 0 aliphatic carbocycles. The van der Waals surface area contributed by atoms with Crippen molar-refractivity contribution in [3.63, 3.8) is 0 Å². The molecule has 0 amide bonds. The molecular formula is C10H18N4O3S. The summed E-state index contributed by atoms with van der Waals surface area (Å²) >= 11 is 0. The SMILES string of the molecule is CC1CN(S(=O)(=O)c2cn(C)nc2N)CCC1O. The zero-order valence-corrected chi connectivity index (χ0v) is 11.3. The summed E-state index contributed by atoms with van der Waals surface area (Å²) in [6, 6.07) is 0. The van der Waals surface area contributed by atoms with Crippen LogP contribution in [-0.4, -0.2) is 46.8 Å². The number of aliphatic hydroxyl groups is 1. The minimum absolute atomic E-state index is 0.0104. The van der Waals surface area contributed by atoms with E-state index >= 15 is 0 Å². The molecule has 1 aromatic heterocycles. The quantitative estimate of drug-likeness (QED) is 0.749. The lowest BCUT2D eigenvalue weighted by atomic mass is 9.99. The molecule has 1 aliphatic rings. The Morgan fingerprint density at radius 1 is 1.56 bits per heavy atom. The average Bonchev–Trinajstić information content (AvgIpc) is 2.62. The predicted molar refractivity (Wildman–Crippen MR) is 66.2 cm³/mol. The zero-order chi connectivity index (χ0) is 13.5. The molecule has 8 heteroatoms. The summed E-state index contributed by atoms with van der Waals surface area (Å²) < 4.78 is 27.5. The van der Waals surface area contributed by atoms with Gasteiger partial charge in [0.25, 0.3) is 0 Å². The monoisotopic (exact) mass is 274 g/mol. The Kier molecular flexibility index (Phi) is 3.35. The number of aryl methyl sites for hydroxylation is 1. The van der Waals surface area contributed by atoms with Crippen molar-refractivity contribution in [2.45, 2.75) is 24.3 Å². The van der Waals surface area contributed by atoms with Gasteiger partial charge in [-0.1, -0.05) is 6.92 Å². The third-order valence-electron chi connectivity index (χ3n) is 3.26. The van der Waals surface area contributed by atoms with Gasteiger partial charge in [0.05, 0.1) is 6.10 Å². The number of piperidine rings is 1. The molecule has 7 nitrogen and oxygen atoms in total. The molecule has 2 rings (SSSR count). The molecular weight excluding hydrogens is 256 g/mol. The van der Waals surface area contributed by atoms with Gasteiger partial charge in [-0.05, 0) is 12.3 Å². The van der Waals surface area contributed by atoms with E-state index in [0.717, 1.165) is 0 Å². The highest BCUT2D eigenvalue weighted by Gasteiger charge is 2.34. The lowest BCUT2D eigenvalue weighted by molar-refractivity contribution is 0.0629. The van der Waals surface area contributed by atoms with Gasteiger partial charge in [-0.3, -0.25) is 4.68 Å². The Morgan fingerprint density at radius 2 is 2.22 bits per heavy atom. The lowest BCUT2D eigenvalue weighted by Crippen LogP contribution is -2.44.